The summed E-state index contributed by atoms with van der Waals surface area (Å²) in [5.74, 6) is -4.73. The van der Waals surface area contributed by atoms with Gasteiger partial charge in [-0.2, -0.15) is 22.0 Å². The van der Waals surface area contributed by atoms with Crippen LogP contribution in [0.15, 0.2) is 0 Å². The molecule has 0 saturated heterocycles. The number of hydrogen-bond donors (Lipinski definition) is 0. The molecule has 1 unspecified atom stereocenters. The Morgan fingerprint density at radius 2 is 1.46 bits per heavy atom. The third kappa shape index (κ3) is 3.59. The maximum absolute atomic E-state index is 12.4. The fraction of sp³-hybridized carbons (Fsp3) is 1.00. The van der Waals surface area contributed by atoms with E-state index >= 15 is 0 Å². The lowest BCUT2D eigenvalue weighted by Gasteiger charge is -2.25. The number of alkyl halides is 7. The van der Waals surface area contributed by atoms with Gasteiger partial charge >= 0.3 is 12.1 Å². The molecule has 0 bridgehead atoms. The van der Waals surface area contributed by atoms with E-state index in [-0.39, 0.29) is 0 Å². The largest absolute Gasteiger partial charge is 0.453 e. The highest BCUT2D eigenvalue weighted by atomic mass is 35.5. The van der Waals surface area contributed by atoms with Crippen LogP contribution in [0.25, 0.3) is 0 Å². The standard InChI is InChI=1S/C5H5Cl2F5Si/c1-2(13-3(6)7)4(8,9)5(10,11)12/h2-3H,1H3. The van der Waals surface area contributed by atoms with E-state index in [1.165, 1.54) is 0 Å². The van der Waals surface area contributed by atoms with Gasteiger partial charge in [-0.05, 0) is 0 Å². The molecule has 0 spiro atoms. The highest BCUT2D eigenvalue weighted by Gasteiger charge is 2.60. The summed E-state index contributed by atoms with van der Waals surface area (Å²) in [6, 6.07) is 0. The average Bonchev–Trinajstić information content (AvgIpc) is 1.82. The molecule has 8 heteroatoms. The summed E-state index contributed by atoms with van der Waals surface area (Å²) in [5.41, 5.74) is -1.90. The van der Waals surface area contributed by atoms with E-state index in [1.807, 2.05) is 0 Å². The molecular weight excluding hydrogens is 254 g/mol. The maximum Gasteiger partial charge on any atom is 0.453 e. The lowest BCUT2D eigenvalue weighted by molar-refractivity contribution is -0.282. The van der Waals surface area contributed by atoms with Crippen molar-refractivity contribution in [3.05, 3.63) is 0 Å². The zero-order valence-electron chi connectivity index (χ0n) is 6.30. The first-order valence-corrected chi connectivity index (χ1v) is 5.10. The molecule has 0 aliphatic heterocycles. The van der Waals surface area contributed by atoms with E-state index < -0.39 is 31.6 Å². The van der Waals surface area contributed by atoms with Crippen LogP contribution in [0.3, 0.4) is 0 Å². The van der Waals surface area contributed by atoms with Crippen molar-refractivity contribution in [3.63, 3.8) is 0 Å². The van der Waals surface area contributed by atoms with Gasteiger partial charge in [0.25, 0.3) is 0 Å². The third-order valence-electron chi connectivity index (χ3n) is 1.30. The summed E-state index contributed by atoms with van der Waals surface area (Å²) in [6.45, 7) is 0.768. The molecule has 0 nitrogen and oxygen atoms in total. The van der Waals surface area contributed by atoms with Crippen LogP contribution in [0.1, 0.15) is 6.92 Å². The van der Waals surface area contributed by atoms with Gasteiger partial charge in [-0.25, -0.2) is 0 Å². The van der Waals surface area contributed by atoms with Crippen molar-refractivity contribution in [2.24, 2.45) is 0 Å². The lowest BCUT2D eigenvalue weighted by Crippen LogP contribution is -2.42. The molecule has 0 N–H and O–H groups in total. The van der Waals surface area contributed by atoms with Crippen LogP contribution in [0.5, 0.6) is 0 Å². The van der Waals surface area contributed by atoms with Gasteiger partial charge in [0.2, 0.25) is 0 Å². The fourth-order valence-electron chi connectivity index (χ4n) is 0.539. The SMILES string of the molecule is CC([Si]C(Cl)Cl)C(F)(F)C(F)(F)F. The summed E-state index contributed by atoms with van der Waals surface area (Å²) in [7, 11) is -0.852. The molecule has 0 aliphatic rings. The monoisotopic (exact) mass is 258 g/mol. The van der Waals surface area contributed by atoms with Crippen molar-refractivity contribution in [1.82, 2.24) is 0 Å². The Hall–Kier alpha value is 0.447. The van der Waals surface area contributed by atoms with Crippen molar-refractivity contribution in [2.45, 2.75) is 29.0 Å². The molecule has 2 radical (unpaired) electrons. The van der Waals surface area contributed by atoms with Gasteiger partial charge in [0, 0.05) is 5.54 Å². The Morgan fingerprint density at radius 3 is 1.69 bits per heavy atom. The Balaban J connectivity index is 4.45. The summed E-state index contributed by atoms with van der Waals surface area (Å²) >= 11 is 10.2. The molecule has 13 heavy (non-hydrogen) atoms. The normalized spacial score (nSPS) is 16.4. The number of halogens is 7. The summed E-state index contributed by atoms with van der Waals surface area (Å²) < 4.78 is 58.8. The van der Waals surface area contributed by atoms with Crippen molar-refractivity contribution in [1.29, 1.82) is 0 Å². The second-order valence-corrected chi connectivity index (χ2v) is 5.91. The maximum atomic E-state index is 12.4. The van der Waals surface area contributed by atoms with Gasteiger partial charge in [0.05, 0.1) is 14.0 Å². The van der Waals surface area contributed by atoms with Crippen LogP contribution in [-0.2, 0) is 0 Å². The Morgan fingerprint density at radius 1 is 1.08 bits per heavy atom. The quantitative estimate of drug-likeness (QED) is 0.413. The molecule has 0 rings (SSSR count). The molecule has 0 aromatic heterocycles. The van der Waals surface area contributed by atoms with Gasteiger partial charge in [-0.3, -0.25) is 0 Å². The number of hydrogen-bond acceptors (Lipinski definition) is 0. The van der Waals surface area contributed by atoms with Crippen molar-refractivity contribution in [2.75, 3.05) is 0 Å². The predicted molar refractivity (Wildman–Crippen MR) is 41.7 cm³/mol. The van der Waals surface area contributed by atoms with E-state index in [0.717, 1.165) is 6.92 Å². The third-order valence-corrected chi connectivity index (χ3v) is 3.17. The van der Waals surface area contributed by atoms with Crippen molar-refractivity contribution < 1.29 is 22.0 Å². The molecule has 0 fully saturated rings. The Bertz CT molecular complexity index is 169. The van der Waals surface area contributed by atoms with Crippen LogP contribution in [0.4, 0.5) is 22.0 Å². The topological polar surface area (TPSA) is 0 Å². The first-order valence-electron chi connectivity index (χ1n) is 3.07. The molecule has 0 saturated carbocycles. The first kappa shape index (κ1) is 13.4. The second-order valence-electron chi connectivity index (χ2n) is 2.31. The zero-order chi connectivity index (χ0) is 10.9. The summed E-state index contributed by atoms with van der Waals surface area (Å²) in [5, 5.41) is 0. The molecule has 0 aromatic rings. The minimum absolute atomic E-state index is 0.768. The van der Waals surface area contributed by atoms with Gasteiger partial charge in [-0.15, -0.1) is 23.2 Å². The molecule has 0 aliphatic carbocycles. The van der Waals surface area contributed by atoms with Gasteiger partial charge in [0.15, 0.2) is 0 Å². The smallest absolute Gasteiger partial charge is 0.196 e. The van der Waals surface area contributed by atoms with Crippen LogP contribution in [0.2, 0.25) is 5.54 Å². The zero-order valence-corrected chi connectivity index (χ0v) is 8.81. The highest BCUT2D eigenvalue weighted by Crippen LogP contribution is 2.44. The average molecular weight is 259 g/mol. The van der Waals surface area contributed by atoms with E-state index in [1.54, 1.807) is 0 Å². The van der Waals surface area contributed by atoms with Crippen molar-refractivity contribution >= 4 is 32.7 Å². The van der Waals surface area contributed by atoms with Gasteiger partial charge in [-0.1, -0.05) is 6.92 Å². The number of rotatable bonds is 3. The highest BCUT2D eigenvalue weighted by molar-refractivity contribution is 6.69. The minimum Gasteiger partial charge on any atom is -0.196 e. The Kier molecular flexibility index (Phi) is 4.46. The van der Waals surface area contributed by atoms with Crippen LogP contribution >= 0.6 is 23.2 Å². The van der Waals surface area contributed by atoms with E-state index in [9.17, 15) is 22.0 Å². The molecule has 0 heterocycles. The fourth-order valence-corrected chi connectivity index (χ4v) is 2.42. The molecule has 1 atom stereocenters. The van der Waals surface area contributed by atoms with E-state index in [4.69, 9.17) is 23.2 Å². The molecular formula is C5H5Cl2F5Si. The van der Waals surface area contributed by atoms with Crippen LogP contribution in [-0.4, -0.2) is 26.1 Å². The second kappa shape index (κ2) is 4.31. The van der Waals surface area contributed by atoms with E-state index in [2.05, 4.69) is 0 Å². The van der Waals surface area contributed by atoms with E-state index in [0.29, 0.717) is 0 Å². The van der Waals surface area contributed by atoms with Crippen LogP contribution in [0, 0.1) is 0 Å². The molecule has 0 aromatic carbocycles. The molecule has 78 valence electrons. The molecule has 0 amide bonds. The van der Waals surface area contributed by atoms with Crippen LogP contribution < -0.4 is 0 Å². The van der Waals surface area contributed by atoms with Gasteiger partial charge < -0.3 is 0 Å². The minimum atomic E-state index is -5.54. The summed E-state index contributed by atoms with van der Waals surface area (Å²) in [4.78, 5) is 0. The van der Waals surface area contributed by atoms with Gasteiger partial charge in [0.1, 0.15) is 0 Å². The van der Waals surface area contributed by atoms with Crippen molar-refractivity contribution in [3.8, 4) is 0 Å². The lowest BCUT2D eigenvalue weighted by atomic mass is 10.2. The summed E-state index contributed by atoms with van der Waals surface area (Å²) in [6.07, 6.45) is -5.54. The predicted octanol–water partition coefficient (Wildman–Crippen LogP) is 3.46. The first-order chi connectivity index (χ1) is 5.59. The Labute approximate surface area is 84.2 Å².